The SMILES string of the molecule is CCC(C)(NC(=O)c1cc(Cl)c(N)c(/C=N/OC)c1)C(=O)CI. The summed E-state index contributed by atoms with van der Waals surface area (Å²) in [5.74, 6) is -0.446. The van der Waals surface area contributed by atoms with Crippen LogP contribution in [0.4, 0.5) is 5.69 Å². The number of oxime groups is 1. The summed E-state index contributed by atoms with van der Waals surface area (Å²) < 4.78 is 0.316. The van der Waals surface area contributed by atoms with Gasteiger partial charge in [-0.25, -0.2) is 0 Å². The van der Waals surface area contributed by atoms with Gasteiger partial charge >= 0.3 is 0 Å². The van der Waals surface area contributed by atoms with Gasteiger partial charge in [0.25, 0.3) is 5.91 Å². The summed E-state index contributed by atoms with van der Waals surface area (Å²) in [7, 11) is 1.40. The molecule has 0 aliphatic heterocycles. The van der Waals surface area contributed by atoms with E-state index in [2.05, 4.69) is 15.3 Å². The van der Waals surface area contributed by atoms with Gasteiger partial charge in [0.15, 0.2) is 5.78 Å². The third-order valence-corrected chi connectivity index (χ3v) is 4.56. The molecule has 0 spiro atoms. The molecule has 1 atom stereocenters. The predicted molar refractivity (Wildman–Crippen MR) is 101 cm³/mol. The first kappa shape index (κ1) is 19.7. The van der Waals surface area contributed by atoms with Crippen LogP contribution in [0.15, 0.2) is 17.3 Å². The number of halogens is 2. The average molecular weight is 452 g/mol. The first-order valence-electron chi connectivity index (χ1n) is 6.86. The highest BCUT2D eigenvalue weighted by Gasteiger charge is 2.32. The number of nitrogens with one attached hydrogen (secondary N) is 1. The van der Waals surface area contributed by atoms with E-state index >= 15 is 0 Å². The van der Waals surface area contributed by atoms with Gasteiger partial charge in [-0.05, 0) is 25.5 Å². The molecule has 3 N–H and O–H groups in total. The van der Waals surface area contributed by atoms with Gasteiger partial charge < -0.3 is 15.9 Å². The minimum atomic E-state index is -0.924. The number of nitrogen functional groups attached to an aromatic ring is 1. The number of nitrogens with two attached hydrogens (primary N) is 1. The highest BCUT2D eigenvalue weighted by atomic mass is 127. The fraction of sp³-hybridized carbons (Fsp3) is 0.400. The van der Waals surface area contributed by atoms with Crippen LogP contribution in [0, 0.1) is 0 Å². The van der Waals surface area contributed by atoms with Crippen LogP contribution in [-0.4, -0.2) is 35.0 Å². The van der Waals surface area contributed by atoms with Crippen LogP contribution in [0.2, 0.25) is 5.02 Å². The molecule has 126 valence electrons. The molecule has 0 aromatic heterocycles. The van der Waals surface area contributed by atoms with Gasteiger partial charge in [0.2, 0.25) is 0 Å². The van der Waals surface area contributed by atoms with Gasteiger partial charge in [-0.1, -0.05) is 46.3 Å². The number of anilines is 1. The van der Waals surface area contributed by atoms with E-state index in [9.17, 15) is 9.59 Å². The van der Waals surface area contributed by atoms with E-state index in [0.29, 0.717) is 27.7 Å². The summed E-state index contributed by atoms with van der Waals surface area (Å²) in [5.41, 5.74) is 5.98. The molecule has 1 aromatic rings. The molecule has 0 saturated heterocycles. The molecule has 0 aliphatic rings. The zero-order valence-corrected chi connectivity index (χ0v) is 16.1. The Morgan fingerprint density at radius 3 is 2.70 bits per heavy atom. The molecule has 23 heavy (non-hydrogen) atoms. The Labute approximate surface area is 153 Å². The molecule has 0 aliphatic carbocycles. The average Bonchev–Trinajstić information content (AvgIpc) is 2.54. The van der Waals surface area contributed by atoms with Crippen molar-refractivity contribution in [3.05, 3.63) is 28.3 Å². The Bertz CT molecular complexity index is 637. The molecule has 1 rings (SSSR count). The number of Topliss-reactive ketones (excluding diaryl/α,β-unsaturated/α-hetero) is 1. The monoisotopic (exact) mass is 451 g/mol. The Kier molecular flexibility index (Phi) is 7.27. The maximum absolute atomic E-state index is 12.5. The number of carbonyl (C=O) groups is 2. The smallest absolute Gasteiger partial charge is 0.252 e. The molecular formula is C15H19ClIN3O3. The Morgan fingerprint density at radius 2 is 2.17 bits per heavy atom. The van der Waals surface area contributed by atoms with Gasteiger partial charge in [-0.15, -0.1) is 0 Å². The number of hydrogen-bond donors (Lipinski definition) is 2. The standard InChI is InChI=1S/C15H19ClIN3O3/c1-4-15(2,12(21)7-17)20-14(22)9-5-10(8-19-23-3)13(18)11(16)6-9/h5-6,8H,4,7,18H2,1-3H3,(H,20,22)/b19-8+. The zero-order chi connectivity index (χ0) is 17.6. The summed E-state index contributed by atoms with van der Waals surface area (Å²) in [5, 5.41) is 6.63. The Balaban J connectivity index is 3.15. The Hall–Kier alpha value is -1.35. The largest absolute Gasteiger partial charge is 0.399 e. The van der Waals surface area contributed by atoms with Gasteiger partial charge in [-0.2, -0.15) is 0 Å². The second kappa shape index (κ2) is 8.49. The van der Waals surface area contributed by atoms with E-state index in [-0.39, 0.29) is 10.8 Å². The van der Waals surface area contributed by atoms with Crippen molar-refractivity contribution in [3.8, 4) is 0 Å². The highest BCUT2D eigenvalue weighted by molar-refractivity contribution is 14.1. The van der Waals surface area contributed by atoms with E-state index in [1.54, 1.807) is 13.0 Å². The number of rotatable bonds is 7. The first-order valence-corrected chi connectivity index (χ1v) is 8.76. The van der Waals surface area contributed by atoms with Crippen molar-refractivity contribution in [1.29, 1.82) is 0 Å². The lowest BCUT2D eigenvalue weighted by atomic mass is 9.93. The molecule has 1 unspecified atom stereocenters. The third-order valence-electron chi connectivity index (χ3n) is 3.55. The molecule has 1 amide bonds. The van der Waals surface area contributed by atoms with Gasteiger partial charge in [0.1, 0.15) is 7.11 Å². The Morgan fingerprint density at radius 1 is 1.52 bits per heavy atom. The van der Waals surface area contributed by atoms with Crippen molar-refractivity contribution in [2.45, 2.75) is 25.8 Å². The lowest BCUT2D eigenvalue weighted by Crippen LogP contribution is -2.52. The van der Waals surface area contributed by atoms with Crippen molar-refractivity contribution < 1.29 is 14.4 Å². The minimum Gasteiger partial charge on any atom is -0.399 e. The van der Waals surface area contributed by atoms with E-state index in [0.717, 1.165) is 0 Å². The lowest BCUT2D eigenvalue weighted by Gasteiger charge is -2.27. The van der Waals surface area contributed by atoms with E-state index in [4.69, 9.17) is 17.3 Å². The van der Waals surface area contributed by atoms with Gasteiger partial charge in [0.05, 0.1) is 26.9 Å². The van der Waals surface area contributed by atoms with Crippen LogP contribution >= 0.6 is 34.2 Å². The summed E-state index contributed by atoms with van der Waals surface area (Å²) in [6.07, 6.45) is 1.86. The van der Waals surface area contributed by atoms with Crippen molar-refractivity contribution in [3.63, 3.8) is 0 Å². The highest BCUT2D eigenvalue weighted by Crippen LogP contribution is 2.25. The first-order chi connectivity index (χ1) is 10.8. The molecule has 0 bridgehead atoms. The lowest BCUT2D eigenvalue weighted by molar-refractivity contribution is -0.121. The molecule has 6 nitrogen and oxygen atoms in total. The second-order valence-corrected chi connectivity index (χ2v) is 6.24. The summed E-state index contributed by atoms with van der Waals surface area (Å²) in [4.78, 5) is 29.2. The molecule has 0 radical (unpaired) electrons. The molecule has 1 aromatic carbocycles. The molecule has 0 fully saturated rings. The van der Waals surface area contributed by atoms with Crippen LogP contribution in [0.3, 0.4) is 0 Å². The molecule has 8 heteroatoms. The van der Waals surface area contributed by atoms with Crippen LogP contribution in [-0.2, 0) is 9.63 Å². The van der Waals surface area contributed by atoms with Crippen molar-refractivity contribution in [2.75, 3.05) is 17.3 Å². The minimum absolute atomic E-state index is 0.0448. The number of alkyl halides is 1. The van der Waals surface area contributed by atoms with Crippen molar-refractivity contribution in [2.24, 2.45) is 5.16 Å². The fourth-order valence-corrected chi connectivity index (χ4v) is 2.88. The number of benzene rings is 1. The second-order valence-electron chi connectivity index (χ2n) is 5.07. The molecule has 0 saturated carbocycles. The maximum Gasteiger partial charge on any atom is 0.252 e. The van der Waals surface area contributed by atoms with Crippen molar-refractivity contribution in [1.82, 2.24) is 5.32 Å². The number of hydrogen-bond acceptors (Lipinski definition) is 5. The van der Waals surface area contributed by atoms with Crippen LogP contribution in [0.1, 0.15) is 36.2 Å². The summed E-state index contributed by atoms with van der Waals surface area (Å²) in [6, 6.07) is 3.00. The van der Waals surface area contributed by atoms with Crippen molar-refractivity contribution >= 4 is 57.8 Å². The maximum atomic E-state index is 12.5. The van der Waals surface area contributed by atoms with Gasteiger partial charge in [-0.3, -0.25) is 9.59 Å². The van der Waals surface area contributed by atoms with Crippen LogP contribution in [0.25, 0.3) is 0 Å². The van der Waals surface area contributed by atoms with Crippen LogP contribution in [0.5, 0.6) is 0 Å². The summed E-state index contributed by atoms with van der Waals surface area (Å²) >= 11 is 8.05. The number of amides is 1. The zero-order valence-electron chi connectivity index (χ0n) is 13.2. The number of nitrogens with zero attached hydrogens (tertiary/aromatic N) is 1. The quantitative estimate of drug-likeness (QED) is 0.219. The van der Waals surface area contributed by atoms with E-state index in [1.165, 1.54) is 19.4 Å². The van der Waals surface area contributed by atoms with E-state index in [1.807, 2.05) is 29.5 Å². The van der Waals surface area contributed by atoms with E-state index < -0.39 is 11.4 Å². The molecule has 0 heterocycles. The predicted octanol–water partition coefficient (Wildman–Crippen LogP) is 2.81. The molecular weight excluding hydrogens is 433 g/mol. The number of carbonyl (C=O) groups excluding carboxylic acids is 2. The van der Waals surface area contributed by atoms with Crippen LogP contribution < -0.4 is 11.1 Å². The van der Waals surface area contributed by atoms with Gasteiger partial charge in [0, 0.05) is 11.1 Å². The fourth-order valence-electron chi connectivity index (χ4n) is 1.81. The number of ketones is 1. The topological polar surface area (TPSA) is 93.8 Å². The summed E-state index contributed by atoms with van der Waals surface area (Å²) in [6.45, 7) is 3.55. The third kappa shape index (κ3) is 4.81. The normalized spacial score (nSPS) is 13.6.